The molecule has 0 radical (unpaired) electrons. The van der Waals surface area contributed by atoms with Gasteiger partial charge in [0.05, 0.1) is 3.57 Å². The van der Waals surface area contributed by atoms with Crippen molar-refractivity contribution in [1.82, 2.24) is 4.90 Å². The summed E-state index contributed by atoms with van der Waals surface area (Å²) in [5.74, 6) is -1.39. The zero-order valence-corrected chi connectivity index (χ0v) is 12.1. The number of hydrogen-bond acceptors (Lipinski definition) is 4. The average molecular weight is 376 g/mol. The van der Waals surface area contributed by atoms with Crippen molar-refractivity contribution < 1.29 is 19.8 Å². The number of aromatic hydroxyl groups is 1. The number of carbonyl (C=O) groups is 2. The maximum absolute atomic E-state index is 12.2. The van der Waals surface area contributed by atoms with Gasteiger partial charge >= 0.3 is 5.97 Å². The summed E-state index contributed by atoms with van der Waals surface area (Å²) in [4.78, 5) is 24.6. The minimum absolute atomic E-state index is 0.0199. The lowest BCUT2D eigenvalue weighted by molar-refractivity contribution is -0.142. The molecule has 1 heterocycles. The van der Waals surface area contributed by atoms with E-state index in [0.29, 0.717) is 15.7 Å². The molecule has 1 aromatic carbocycles. The number of carboxylic acids is 1. The van der Waals surface area contributed by atoms with Crippen molar-refractivity contribution in [3.63, 3.8) is 0 Å². The Morgan fingerprint density at radius 2 is 2.11 bits per heavy atom. The van der Waals surface area contributed by atoms with E-state index < -0.39 is 11.5 Å². The van der Waals surface area contributed by atoms with Gasteiger partial charge in [-0.05, 0) is 47.2 Å². The van der Waals surface area contributed by atoms with E-state index in [1.165, 1.54) is 11.0 Å². The zero-order chi connectivity index (χ0) is 14.2. The third kappa shape index (κ3) is 2.66. The Hall–Kier alpha value is -1.35. The van der Waals surface area contributed by atoms with Crippen LogP contribution in [-0.2, 0) is 4.79 Å². The van der Waals surface area contributed by atoms with Crippen LogP contribution < -0.4 is 5.73 Å². The standard InChI is InChI=1S/C12H13IN2O4/c13-8-2-1-7(5-9(8)16)10(17)15-4-3-12(14,6-15)11(18)19/h1-2,5,16H,3-4,6,14H2,(H,18,19). The van der Waals surface area contributed by atoms with Crippen LogP contribution in [-0.4, -0.2) is 45.6 Å². The van der Waals surface area contributed by atoms with E-state index in [0.717, 1.165) is 0 Å². The number of likely N-dealkylation sites (tertiary alicyclic amines) is 1. The summed E-state index contributed by atoms with van der Waals surface area (Å²) in [5.41, 5.74) is 4.67. The fourth-order valence-electron chi connectivity index (χ4n) is 2.01. The molecule has 2 rings (SSSR count). The van der Waals surface area contributed by atoms with Crippen molar-refractivity contribution in [2.24, 2.45) is 5.73 Å². The molecule has 0 saturated carbocycles. The summed E-state index contributed by atoms with van der Waals surface area (Å²) >= 11 is 1.95. The van der Waals surface area contributed by atoms with E-state index in [2.05, 4.69) is 0 Å². The first-order chi connectivity index (χ1) is 8.83. The third-order valence-corrected chi connectivity index (χ3v) is 4.12. The molecule has 1 atom stereocenters. The Morgan fingerprint density at radius 1 is 1.42 bits per heavy atom. The summed E-state index contributed by atoms with van der Waals surface area (Å²) < 4.78 is 0.647. The van der Waals surface area contributed by atoms with Crippen LogP contribution >= 0.6 is 22.6 Å². The van der Waals surface area contributed by atoms with Crippen LogP contribution in [0.3, 0.4) is 0 Å². The van der Waals surface area contributed by atoms with Gasteiger partial charge in [-0.2, -0.15) is 0 Å². The van der Waals surface area contributed by atoms with Crippen LogP contribution in [0.15, 0.2) is 18.2 Å². The van der Waals surface area contributed by atoms with E-state index >= 15 is 0 Å². The van der Waals surface area contributed by atoms with Crippen molar-refractivity contribution in [3.8, 4) is 5.75 Å². The van der Waals surface area contributed by atoms with Gasteiger partial charge < -0.3 is 20.8 Å². The zero-order valence-electron chi connectivity index (χ0n) is 9.97. The highest BCUT2D eigenvalue weighted by molar-refractivity contribution is 14.1. The van der Waals surface area contributed by atoms with E-state index in [-0.39, 0.29) is 24.6 Å². The Morgan fingerprint density at radius 3 is 2.63 bits per heavy atom. The van der Waals surface area contributed by atoms with Crippen LogP contribution in [0.1, 0.15) is 16.8 Å². The smallest absolute Gasteiger partial charge is 0.325 e. The molecule has 1 unspecified atom stereocenters. The van der Waals surface area contributed by atoms with Crippen molar-refractivity contribution in [2.45, 2.75) is 12.0 Å². The molecule has 1 aromatic rings. The minimum Gasteiger partial charge on any atom is -0.507 e. The Labute approximate surface area is 123 Å². The fraction of sp³-hybridized carbons (Fsp3) is 0.333. The average Bonchev–Trinajstić information content (AvgIpc) is 2.76. The van der Waals surface area contributed by atoms with Gasteiger partial charge in [-0.1, -0.05) is 0 Å². The summed E-state index contributed by atoms with van der Waals surface area (Å²) in [7, 11) is 0. The molecular weight excluding hydrogens is 363 g/mol. The molecule has 0 aliphatic carbocycles. The number of phenols is 1. The lowest BCUT2D eigenvalue weighted by atomic mass is 10.0. The number of rotatable bonds is 2. The maximum Gasteiger partial charge on any atom is 0.325 e. The number of benzene rings is 1. The predicted molar refractivity (Wildman–Crippen MR) is 75.9 cm³/mol. The van der Waals surface area contributed by atoms with E-state index in [4.69, 9.17) is 10.8 Å². The van der Waals surface area contributed by atoms with Crippen LogP contribution in [0.2, 0.25) is 0 Å². The lowest BCUT2D eigenvalue weighted by Gasteiger charge is -2.20. The monoisotopic (exact) mass is 376 g/mol. The normalized spacial score (nSPS) is 22.5. The molecular formula is C12H13IN2O4. The molecule has 7 heteroatoms. The highest BCUT2D eigenvalue weighted by atomic mass is 127. The first-order valence-corrected chi connectivity index (χ1v) is 6.71. The van der Waals surface area contributed by atoms with Crippen LogP contribution in [0, 0.1) is 3.57 Å². The van der Waals surface area contributed by atoms with Gasteiger partial charge in [-0.3, -0.25) is 9.59 Å². The molecule has 4 N–H and O–H groups in total. The van der Waals surface area contributed by atoms with Gasteiger partial charge in [-0.25, -0.2) is 0 Å². The highest BCUT2D eigenvalue weighted by Crippen LogP contribution is 2.24. The molecule has 1 aliphatic heterocycles. The second kappa shape index (κ2) is 4.97. The van der Waals surface area contributed by atoms with Gasteiger partial charge in [0.1, 0.15) is 11.3 Å². The number of carbonyl (C=O) groups excluding carboxylic acids is 1. The Balaban J connectivity index is 2.18. The number of nitrogens with two attached hydrogens (primary N) is 1. The molecule has 6 nitrogen and oxygen atoms in total. The number of hydrogen-bond donors (Lipinski definition) is 3. The van der Waals surface area contributed by atoms with E-state index in [9.17, 15) is 14.7 Å². The van der Waals surface area contributed by atoms with Crippen molar-refractivity contribution in [3.05, 3.63) is 27.3 Å². The van der Waals surface area contributed by atoms with Crippen molar-refractivity contribution in [1.29, 1.82) is 0 Å². The molecule has 1 aliphatic rings. The number of aliphatic carboxylic acids is 1. The van der Waals surface area contributed by atoms with Crippen molar-refractivity contribution >= 4 is 34.5 Å². The van der Waals surface area contributed by atoms with Gasteiger partial charge in [-0.15, -0.1) is 0 Å². The second-order valence-corrected chi connectivity index (χ2v) is 5.77. The second-order valence-electron chi connectivity index (χ2n) is 4.60. The summed E-state index contributed by atoms with van der Waals surface area (Å²) in [5, 5.41) is 18.6. The van der Waals surface area contributed by atoms with E-state index in [1.54, 1.807) is 12.1 Å². The molecule has 19 heavy (non-hydrogen) atoms. The Bertz CT molecular complexity index is 549. The molecule has 1 amide bonds. The lowest BCUT2D eigenvalue weighted by Crippen LogP contribution is -2.50. The fourth-order valence-corrected chi connectivity index (χ4v) is 2.34. The number of carboxylic acid groups (broad SMARTS) is 1. The van der Waals surface area contributed by atoms with Gasteiger partial charge in [0.2, 0.25) is 0 Å². The molecule has 1 saturated heterocycles. The van der Waals surface area contributed by atoms with Crippen LogP contribution in [0.25, 0.3) is 0 Å². The van der Waals surface area contributed by atoms with E-state index in [1.807, 2.05) is 22.6 Å². The third-order valence-electron chi connectivity index (χ3n) is 3.21. The summed E-state index contributed by atoms with van der Waals surface area (Å²) in [6.45, 7) is 0.280. The SMILES string of the molecule is NC1(C(=O)O)CCN(C(=O)c2ccc(I)c(O)c2)C1. The van der Waals surface area contributed by atoms with Crippen LogP contribution in [0.5, 0.6) is 5.75 Å². The minimum atomic E-state index is -1.37. The number of amides is 1. The number of halogens is 1. The highest BCUT2D eigenvalue weighted by Gasteiger charge is 2.43. The van der Waals surface area contributed by atoms with Gasteiger partial charge in [0.15, 0.2) is 0 Å². The molecule has 1 fully saturated rings. The predicted octanol–water partition coefficient (Wildman–Crippen LogP) is 0.625. The quantitative estimate of drug-likeness (QED) is 0.657. The first kappa shape index (κ1) is 14.1. The molecule has 102 valence electrons. The molecule has 0 bridgehead atoms. The molecule has 0 aromatic heterocycles. The molecule has 0 spiro atoms. The summed E-state index contributed by atoms with van der Waals surface area (Å²) in [6, 6.07) is 4.61. The largest absolute Gasteiger partial charge is 0.507 e. The van der Waals surface area contributed by atoms with Crippen LogP contribution in [0.4, 0.5) is 0 Å². The number of nitrogens with zero attached hydrogens (tertiary/aromatic N) is 1. The Kier molecular flexibility index (Phi) is 3.68. The summed E-state index contributed by atoms with van der Waals surface area (Å²) in [6.07, 6.45) is 0.227. The van der Waals surface area contributed by atoms with Crippen molar-refractivity contribution in [2.75, 3.05) is 13.1 Å². The topological polar surface area (TPSA) is 104 Å². The van der Waals surface area contributed by atoms with Gasteiger partial charge in [0.25, 0.3) is 5.91 Å². The first-order valence-electron chi connectivity index (χ1n) is 5.63. The van der Waals surface area contributed by atoms with Gasteiger partial charge in [0, 0.05) is 18.7 Å². The number of phenolic OH excluding ortho intramolecular Hbond substituents is 1. The maximum atomic E-state index is 12.2.